The third kappa shape index (κ3) is 1.91. The molecule has 0 aliphatic rings. The van der Waals surface area contributed by atoms with Crippen LogP contribution in [0.3, 0.4) is 0 Å². The second-order valence-corrected chi connectivity index (χ2v) is 3.23. The van der Waals surface area contributed by atoms with E-state index >= 15 is 0 Å². The Kier molecular flexibility index (Phi) is 3.38. The van der Waals surface area contributed by atoms with Gasteiger partial charge in [-0.15, -0.1) is 0 Å². The highest BCUT2D eigenvalue weighted by Gasteiger charge is 2.12. The smallest absolute Gasteiger partial charge is 0.264 e. The minimum atomic E-state index is -0.356. The number of benzene rings is 1. The molecule has 0 aliphatic carbocycles. The van der Waals surface area contributed by atoms with E-state index < -0.39 is 0 Å². The quantitative estimate of drug-likeness (QED) is 0.780. The Hall–Kier alpha value is -0.250. The number of amides is 1. The van der Waals surface area contributed by atoms with Gasteiger partial charge in [-0.05, 0) is 12.1 Å². The van der Waals surface area contributed by atoms with Gasteiger partial charge in [0.1, 0.15) is 0 Å². The van der Waals surface area contributed by atoms with Crippen LogP contribution in [0.2, 0.25) is 10.0 Å². The van der Waals surface area contributed by atoms with Crippen LogP contribution in [0.25, 0.3) is 0 Å². The average Bonchev–Trinajstić information content (AvgIpc) is 2.03. The lowest BCUT2D eigenvalue weighted by Crippen LogP contribution is -2.12. The van der Waals surface area contributed by atoms with Crippen molar-refractivity contribution >= 4 is 45.3 Å². The predicted molar refractivity (Wildman–Crippen MR) is 52.9 cm³/mol. The Morgan fingerprint density at radius 2 is 1.83 bits per heavy atom. The van der Waals surface area contributed by atoms with Crippen LogP contribution in [0.1, 0.15) is 10.4 Å². The van der Waals surface area contributed by atoms with Crippen molar-refractivity contribution in [2.75, 3.05) is 0 Å². The summed E-state index contributed by atoms with van der Waals surface area (Å²) in [5.41, 5.74) is 0.276. The van der Waals surface area contributed by atoms with Crippen molar-refractivity contribution in [3.63, 3.8) is 0 Å². The molecule has 1 amide bonds. The lowest BCUT2D eigenvalue weighted by atomic mass is 10.2. The maximum absolute atomic E-state index is 11.1. The van der Waals surface area contributed by atoms with E-state index in [9.17, 15) is 4.79 Å². The van der Waals surface area contributed by atoms with Crippen LogP contribution in [0.5, 0.6) is 0 Å². The first-order valence-corrected chi connectivity index (χ1v) is 4.56. The van der Waals surface area contributed by atoms with Crippen LogP contribution < -0.4 is 4.34 Å². The molecular formula is C7H4BrCl2NO. The third-order valence-corrected chi connectivity index (χ3v) is 2.27. The second kappa shape index (κ2) is 4.12. The molecule has 0 aliphatic heterocycles. The summed E-state index contributed by atoms with van der Waals surface area (Å²) in [6.45, 7) is 0. The second-order valence-electron chi connectivity index (χ2n) is 2.02. The standard InChI is InChI=1S/C7H4BrCl2NO/c8-11-7(12)6-4(9)2-1-3-5(6)10/h1-3H,(H,11,12). The number of hydrogen-bond acceptors (Lipinski definition) is 1. The summed E-state index contributed by atoms with van der Waals surface area (Å²) < 4.78 is 2.27. The first kappa shape index (κ1) is 9.84. The molecule has 0 radical (unpaired) electrons. The molecule has 0 atom stereocenters. The van der Waals surface area contributed by atoms with Gasteiger partial charge in [0.05, 0.1) is 15.6 Å². The van der Waals surface area contributed by atoms with Crippen LogP contribution in [-0.2, 0) is 0 Å². The highest BCUT2D eigenvalue weighted by molar-refractivity contribution is 9.08. The van der Waals surface area contributed by atoms with E-state index in [1.54, 1.807) is 18.2 Å². The van der Waals surface area contributed by atoms with Gasteiger partial charge in [0.15, 0.2) is 0 Å². The van der Waals surface area contributed by atoms with Crippen molar-refractivity contribution in [3.8, 4) is 0 Å². The molecule has 12 heavy (non-hydrogen) atoms. The molecular weight excluding hydrogens is 265 g/mol. The molecule has 1 N–H and O–H groups in total. The maximum Gasteiger partial charge on any atom is 0.264 e. The Labute approximate surface area is 88.2 Å². The number of nitrogens with one attached hydrogen (secondary N) is 1. The van der Waals surface area contributed by atoms with E-state index in [1.165, 1.54) is 0 Å². The highest BCUT2D eigenvalue weighted by atomic mass is 79.9. The number of rotatable bonds is 1. The normalized spacial score (nSPS) is 9.58. The molecule has 0 unspecified atom stereocenters. The molecule has 1 aromatic rings. The summed E-state index contributed by atoms with van der Waals surface area (Å²) in [6.07, 6.45) is 0. The van der Waals surface area contributed by atoms with Gasteiger partial charge in [-0.2, -0.15) is 0 Å². The Morgan fingerprint density at radius 1 is 1.33 bits per heavy atom. The van der Waals surface area contributed by atoms with Crippen molar-refractivity contribution in [2.45, 2.75) is 0 Å². The molecule has 0 heterocycles. The van der Waals surface area contributed by atoms with Crippen LogP contribution >= 0.6 is 39.3 Å². The molecule has 1 rings (SSSR count). The first-order valence-electron chi connectivity index (χ1n) is 3.02. The topological polar surface area (TPSA) is 29.1 Å². The lowest BCUT2D eigenvalue weighted by Gasteiger charge is -2.02. The predicted octanol–water partition coefficient (Wildman–Crippen LogP) is 3.03. The zero-order valence-corrected chi connectivity index (χ0v) is 8.87. The molecule has 0 saturated heterocycles. The molecule has 0 spiro atoms. The van der Waals surface area contributed by atoms with Crippen molar-refractivity contribution in [1.29, 1.82) is 0 Å². The fourth-order valence-electron chi connectivity index (χ4n) is 0.762. The van der Waals surface area contributed by atoms with Crippen molar-refractivity contribution in [3.05, 3.63) is 33.8 Å². The number of hydrogen-bond donors (Lipinski definition) is 1. The fraction of sp³-hybridized carbons (Fsp3) is 0. The molecule has 0 aromatic heterocycles. The van der Waals surface area contributed by atoms with Crippen LogP contribution in [-0.4, -0.2) is 5.91 Å². The molecule has 5 heteroatoms. The van der Waals surface area contributed by atoms with E-state index in [4.69, 9.17) is 23.2 Å². The van der Waals surface area contributed by atoms with Gasteiger partial charge in [-0.3, -0.25) is 9.14 Å². The van der Waals surface area contributed by atoms with E-state index in [2.05, 4.69) is 20.5 Å². The number of carbonyl (C=O) groups excluding carboxylic acids is 1. The number of halogens is 3. The fourth-order valence-corrected chi connectivity index (χ4v) is 1.53. The molecule has 0 bridgehead atoms. The summed E-state index contributed by atoms with van der Waals surface area (Å²) in [4.78, 5) is 11.1. The average molecular weight is 269 g/mol. The highest BCUT2D eigenvalue weighted by Crippen LogP contribution is 2.23. The molecule has 1 aromatic carbocycles. The van der Waals surface area contributed by atoms with Crippen molar-refractivity contribution < 1.29 is 4.79 Å². The molecule has 2 nitrogen and oxygen atoms in total. The largest absolute Gasteiger partial charge is 0.288 e. The van der Waals surface area contributed by atoms with Gasteiger partial charge in [0.25, 0.3) is 5.91 Å². The Morgan fingerprint density at radius 3 is 2.25 bits per heavy atom. The third-order valence-electron chi connectivity index (χ3n) is 1.28. The molecule has 0 fully saturated rings. The van der Waals surface area contributed by atoms with Gasteiger partial charge in [0, 0.05) is 16.1 Å². The molecule has 0 saturated carbocycles. The minimum Gasteiger partial charge on any atom is -0.288 e. The van der Waals surface area contributed by atoms with Crippen molar-refractivity contribution in [2.24, 2.45) is 0 Å². The zero-order valence-electron chi connectivity index (χ0n) is 5.77. The summed E-state index contributed by atoms with van der Waals surface area (Å²) in [6, 6.07) is 4.88. The van der Waals surface area contributed by atoms with Crippen LogP contribution in [0, 0.1) is 0 Å². The van der Waals surface area contributed by atoms with E-state index in [0.29, 0.717) is 10.0 Å². The summed E-state index contributed by atoms with van der Waals surface area (Å²) >= 11 is 14.3. The lowest BCUT2D eigenvalue weighted by molar-refractivity contribution is 0.0987. The van der Waals surface area contributed by atoms with E-state index in [-0.39, 0.29) is 11.5 Å². The summed E-state index contributed by atoms with van der Waals surface area (Å²) in [5.74, 6) is -0.356. The van der Waals surface area contributed by atoms with E-state index in [1.807, 2.05) is 0 Å². The maximum atomic E-state index is 11.1. The van der Waals surface area contributed by atoms with Gasteiger partial charge < -0.3 is 0 Å². The number of carbonyl (C=O) groups is 1. The van der Waals surface area contributed by atoms with Gasteiger partial charge in [0.2, 0.25) is 0 Å². The van der Waals surface area contributed by atoms with Crippen LogP contribution in [0.15, 0.2) is 18.2 Å². The summed E-state index contributed by atoms with van der Waals surface area (Å²) in [7, 11) is 0. The Balaban J connectivity index is 3.21. The first-order chi connectivity index (χ1) is 5.66. The minimum absolute atomic E-state index is 0.276. The van der Waals surface area contributed by atoms with Crippen LogP contribution in [0.4, 0.5) is 0 Å². The zero-order chi connectivity index (χ0) is 9.14. The molecule has 64 valence electrons. The van der Waals surface area contributed by atoms with Crippen molar-refractivity contribution in [1.82, 2.24) is 4.34 Å². The van der Waals surface area contributed by atoms with Gasteiger partial charge in [-0.1, -0.05) is 29.3 Å². The Bertz CT molecular complexity index is 296. The SMILES string of the molecule is O=C(NBr)c1c(Cl)cccc1Cl. The summed E-state index contributed by atoms with van der Waals surface area (Å²) in [5, 5.41) is 0.666. The monoisotopic (exact) mass is 267 g/mol. The van der Waals surface area contributed by atoms with Gasteiger partial charge in [-0.25, -0.2) is 0 Å². The van der Waals surface area contributed by atoms with E-state index in [0.717, 1.165) is 0 Å². The van der Waals surface area contributed by atoms with Gasteiger partial charge >= 0.3 is 0 Å².